The van der Waals surface area contributed by atoms with Crippen molar-refractivity contribution in [2.45, 2.75) is 30.9 Å². The van der Waals surface area contributed by atoms with Gasteiger partial charge in [-0.25, -0.2) is 17.2 Å². The Bertz CT molecular complexity index is 763. The zero-order chi connectivity index (χ0) is 19.9. The summed E-state index contributed by atoms with van der Waals surface area (Å²) in [6.07, 6.45) is 2.33. The number of rotatable bonds is 7. The number of benzene rings is 1. The van der Waals surface area contributed by atoms with Crippen molar-refractivity contribution >= 4 is 15.8 Å². The van der Waals surface area contributed by atoms with E-state index in [1.165, 1.54) is 12.3 Å². The Labute approximate surface area is 159 Å². The lowest BCUT2D eigenvalue weighted by atomic mass is 9.99. The number of ether oxygens (including phenoxy) is 1. The lowest BCUT2D eigenvalue weighted by Crippen LogP contribution is -2.47. The first-order chi connectivity index (χ1) is 12.8. The number of aliphatic imine (C=N–C) groups is 1. The molecule has 1 aromatic carbocycles. The first kappa shape index (κ1) is 21.6. The highest BCUT2D eigenvalue weighted by molar-refractivity contribution is 7.92. The molecule has 0 atom stereocenters. The highest BCUT2D eigenvalue weighted by atomic mass is 32.2. The summed E-state index contributed by atoms with van der Waals surface area (Å²) in [5.74, 6) is -0.496. The molecule has 0 spiro atoms. The van der Waals surface area contributed by atoms with Crippen molar-refractivity contribution in [3.63, 3.8) is 0 Å². The first-order valence-corrected chi connectivity index (χ1v) is 10.9. The van der Waals surface area contributed by atoms with Gasteiger partial charge in [-0.3, -0.25) is 4.99 Å². The van der Waals surface area contributed by atoms with Gasteiger partial charge in [0.25, 0.3) is 0 Å². The van der Waals surface area contributed by atoms with Crippen LogP contribution in [0, 0.1) is 11.6 Å². The zero-order valence-corrected chi connectivity index (χ0v) is 16.5. The molecule has 1 fully saturated rings. The average molecular weight is 403 g/mol. The molecule has 1 heterocycles. The van der Waals surface area contributed by atoms with E-state index in [-0.39, 0.29) is 18.5 Å². The molecule has 0 aliphatic carbocycles. The third kappa shape index (κ3) is 5.87. The maximum atomic E-state index is 13.7. The lowest BCUT2D eigenvalue weighted by molar-refractivity contribution is 0.0768. The lowest BCUT2D eigenvalue weighted by Gasteiger charge is -2.34. The van der Waals surface area contributed by atoms with Crippen LogP contribution >= 0.6 is 0 Å². The predicted molar refractivity (Wildman–Crippen MR) is 102 cm³/mol. The molecule has 2 rings (SSSR count). The predicted octanol–water partition coefficient (Wildman–Crippen LogP) is 1.66. The van der Waals surface area contributed by atoms with E-state index >= 15 is 0 Å². The molecule has 1 saturated heterocycles. The van der Waals surface area contributed by atoms with Gasteiger partial charge in [0.05, 0.1) is 11.3 Å². The normalized spacial score (nSPS) is 17.6. The Morgan fingerprint density at radius 1 is 1.26 bits per heavy atom. The number of sulfone groups is 1. The topological polar surface area (TPSA) is 79.8 Å². The third-order valence-electron chi connectivity index (χ3n) is 4.75. The van der Waals surface area contributed by atoms with Gasteiger partial charge in [-0.15, -0.1) is 0 Å². The van der Waals surface area contributed by atoms with Crippen molar-refractivity contribution in [2.24, 2.45) is 4.99 Å². The minimum atomic E-state index is -3.31. The number of guanidine groups is 1. The van der Waals surface area contributed by atoms with Gasteiger partial charge in [-0.2, -0.15) is 0 Å². The molecule has 1 aliphatic heterocycles. The number of hydrogen-bond donors (Lipinski definition) is 2. The second kappa shape index (κ2) is 9.45. The quantitative estimate of drug-likeness (QED) is 0.535. The van der Waals surface area contributed by atoms with Crippen LogP contribution in [0.1, 0.15) is 25.3 Å². The SMILES string of the molecule is CCNC(=NCC1(S(C)(=O)=O)CCOCC1)NCCc1cc(F)ccc1F. The molecule has 0 unspecified atom stereocenters. The highest BCUT2D eigenvalue weighted by Crippen LogP contribution is 2.29. The van der Waals surface area contributed by atoms with Crippen LogP contribution < -0.4 is 10.6 Å². The molecule has 0 aromatic heterocycles. The molecule has 0 radical (unpaired) electrons. The summed E-state index contributed by atoms with van der Waals surface area (Å²) in [5.41, 5.74) is 0.274. The van der Waals surface area contributed by atoms with Crippen LogP contribution in [0.3, 0.4) is 0 Å². The van der Waals surface area contributed by atoms with E-state index < -0.39 is 26.2 Å². The van der Waals surface area contributed by atoms with Crippen LogP contribution in [0.2, 0.25) is 0 Å². The van der Waals surface area contributed by atoms with Crippen molar-refractivity contribution in [1.82, 2.24) is 10.6 Å². The molecule has 1 aliphatic rings. The molecule has 6 nitrogen and oxygen atoms in total. The monoisotopic (exact) mass is 403 g/mol. The number of halogens is 2. The maximum Gasteiger partial charge on any atom is 0.191 e. The Morgan fingerprint density at radius 3 is 2.59 bits per heavy atom. The van der Waals surface area contributed by atoms with E-state index in [9.17, 15) is 17.2 Å². The summed E-state index contributed by atoms with van der Waals surface area (Å²) in [6, 6.07) is 3.35. The molecule has 0 bridgehead atoms. The van der Waals surface area contributed by atoms with Crippen LogP contribution in [-0.2, 0) is 21.0 Å². The molecular formula is C18H27F2N3O3S. The van der Waals surface area contributed by atoms with Gasteiger partial charge in [-0.1, -0.05) is 0 Å². The Hall–Kier alpha value is -1.74. The number of nitrogens with zero attached hydrogens (tertiary/aromatic N) is 1. The van der Waals surface area contributed by atoms with Crippen LogP contribution in [0.25, 0.3) is 0 Å². The van der Waals surface area contributed by atoms with Gasteiger partial charge in [0.2, 0.25) is 0 Å². The average Bonchev–Trinajstić information content (AvgIpc) is 2.62. The van der Waals surface area contributed by atoms with Gasteiger partial charge >= 0.3 is 0 Å². The van der Waals surface area contributed by atoms with Gasteiger partial charge in [-0.05, 0) is 49.9 Å². The Morgan fingerprint density at radius 2 is 1.96 bits per heavy atom. The zero-order valence-electron chi connectivity index (χ0n) is 15.7. The number of nitrogens with one attached hydrogen (secondary N) is 2. The molecule has 2 N–H and O–H groups in total. The van der Waals surface area contributed by atoms with E-state index in [0.29, 0.717) is 45.1 Å². The molecule has 0 amide bonds. The van der Waals surface area contributed by atoms with Crippen LogP contribution in [-0.4, -0.2) is 58.2 Å². The largest absolute Gasteiger partial charge is 0.381 e. The third-order valence-corrected chi connectivity index (χ3v) is 6.87. The van der Waals surface area contributed by atoms with E-state index in [1.54, 1.807) is 0 Å². The molecule has 1 aromatic rings. The molecule has 152 valence electrons. The van der Waals surface area contributed by atoms with E-state index in [1.807, 2.05) is 6.92 Å². The second-order valence-electron chi connectivity index (χ2n) is 6.68. The summed E-state index contributed by atoms with van der Waals surface area (Å²) >= 11 is 0. The van der Waals surface area contributed by atoms with Gasteiger partial charge < -0.3 is 15.4 Å². The molecule has 0 saturated carbocycles. The molecule has 27 heavy (non-hydrogen) atoms. The van der Waals surface area contributed by atoms with Gasteiger partial charge in [0.15, 0.2) is 15.8 Å². The van der Waals surface area contributed by atoms with Gasteiger partial charge in [0.1, 0.15) is 11.6 Å². The Balaban J connectivity index is 2.03. The van der Waals surface area contributed by atoms with Gasteiger partial charge in [0, 0.05) is 32.6 Å². The van der Waals surface area contributed by atoms with E-state index in [2.05, 4.69) is 15.6 Å². The fourth-order valence-electron chi connectivity index (χ4n) is 3.00. The van der Waals surface area contributed by atoms with Crippen LogP contribution in [0.4, 0.5) is 8.78 Å². The second-order valence-corrected chi connectivity index (χ2v) is 9.09. The van der Waals surface area contributed by atoms with Crippen LogP contribution in [0.5, 0.6) is 0 Å². The van der Waals surface area contributed by atoms with Crippen molar-refractivity contribution < 1.29 is 21.9 Å². The van der Waals surface area contributed by atoms with E-state index in [4.69, 9.17) is 4.74 Å². The van der Waals surface area contributed by atoms with Crippen molar-refractivity contribution in [3.05, 3.63) is 35.4 Å². The number of hydrogen-bond acceptors (Lipinski definition) is 4. The van der Waals surface area contributed by atoms with Crippen LogP contribution in [0.15, 0.2) is 23.2 Å². The summed E-state index contributed by atoms with van der Waals surface area (Å²) in [5, 5.41) is 6.10. The van der Waals surface area contributed by atoms with Crippen molar-refractivity contribution in [3.8, 4) is 0 Å². The minimum Gasteiger partial charge on any atom is -0.381 e. The molecular weight excluding hydrogens is 376 g/mol. The molecule has 9 heteroatoms. The first-order valence-electron chi connectivity index (χ1n) is 9.01. The fraction of sp³-hybridized carbons (Fsp3) is 0.611. The standard InChI is InChI=1S/C18H27F2N3O3S/c1-3-21-17(22-9-6-14-12-15(19)4-5-16(14)20)23-13-18(27(2,24)25)7-10-26-11-8-18/h4-5,12H,3,6-11,13H2,1-2H3,(H2,21,22,23). The minimum absolute atomic E-state index is 0.124. The van der Waals surface area contributed by atoms with E-state index in [0.717, 1.165) is 12.1 Å². The summed E-state index contributed by atoms with van der Waals surface area (Å²) in [4.78, 5) is 4.44. The summed E-state index contributed by atoms with van der Waals surface area (Å²) in [6.45, 7) is 3.73. The fourth-order valence-corrected chi connectivity index (χ4v) is 4.21. The summed E-state index contributed by atoms with van der Waals surface area (Å²) < 4.78 is 55.9. The van der Waals surface area contributed by atoms with Crippen molar-refractivity contribution in [1.29, 1.82) is 0 Å². The summed E-state index contributed by atoms with van der Waals surface area (Å²) in [7, 11) is -3.31. The highest BCUT2D eigenvalue weighted by Gasteiger charge is 2.42. The van der Waals surface area contributed by atoms with Crippen molar-refractivity contribution in [2.75, 3.05) is 39.1 Å². The Kier molecular flexibility index (Phi) is 7.55. The smallest absolute Gasteiger partial charge is 0.191 e. The maximum absolute atomic E-state index is 13.7.